The number of benzene rings is 3. The van der Waals surface area contributed by atoms with Crippen LogP contribution in [0.1, 0.15) is 16.7 Å². The van der Waals surface area contributed by atoms with Gasteiger partial charge < -0.3 is 9.64 Å². The van der Waals surface area contributed by atoms with Gasteiger partial charge in [-0.1, -0.05) is 68.2 Å². The van der Waals surface area contributed by atoms with Gasteiger partial charge in [-0.25, -0.2) is 17.2 Å². The number of carbonyl (C=O) groups excluding carboxylic acids is 1. The first-order valence-corrected chi connectivity index (χ1v) is 18.7. The molecule has 1 amide bonds. The van der Waals surface area contributed by atoms with Gasteiger partial charge in [-0.3, -0.25) is 0 Å². The molecule has 0 aliphatic rings. The molecule has 0 fully saturated rings. The van der Waals surface area contributed by atoms with E-state index in [0.717, 1.165) is 31.7 Å². The topological polar surface area (TPSA) is 68.6 Å². The monoisotopic (exact) mass is 660 g/mol. The number of carbonyl (C=O) groups is 1. The number of amides is 1. The Morgan fingerprint density at radius 3 is 2.32 bits per heavy atom. The van der Waals surface area contributed by atoms with Gasteiger partial charge in [0.05, 0.1) is 17.0 Å². The molecule has 38 heavy (non-hydrogen) atoms. The molecule has 200 valence electrons. The van der Waals surface area contributed by atoms with Crippen LogP contribution in [0, 0.1) is 3.57 Å². The number of rotatable bonds is 9. The van der Waals surface area contributed by atoms with E-state index >= 15 is 0 Å². The number of hydrogen-bond donors (Lipinski definition) is 0. The molecule has 1 heterocycles. The van der Waals surface area contributed by atoms with E-state index < -0.39 is 18.1 Å². The van der Waals surface area contributed by atoms with E-state index in [4.69, 9.17) is 4.74 Å². The van der Waals surface area contributed by atoms with Crippen LogP contribution < -0.4 is 0 Å². The number of halogens is 1. The van der Waals surface area contributed by atoms with Gasteiger partial charge in [-0.2, -0.15) is 0 Å². The van der Waals surface area contributed by atoms with Crippen molar-refractivity contribution in [3.05, 3.63) is 99.3 Å². The lowest BCUT2D eigenvalue weighted by molar-refractivity contribution is 0.114. The van der Waals surface area contributed by atoms with Gasteiger partial charge in [0.15, 0.2) is 0 Å². The summed E-state index contributed by atoms with van der Waals surface area (Å²) in [6, 6.07) is 23.4. The Bertz CT molecular complexity index is 1550. The van der Waals surface area contributed by atoms with Crippen molar-refractivity contribution < 1.29 is 17.9 Å². The summed E-state index contributed by atoms with van der Waals surface area (Å²) in [6.45, 7) is 7.69. The molecule has 3 aromatic carbocycles. The fourth-order valence-electron chi connectivity index (χ4n) is 4.20. The molecule has 1 aromatic heterocycles. The fourth-order valence-corrected chi connectivity index (χ4v) is 7.21. The number of hydrogen-bond acceptors (Lipinski definition) is 4. The molecule has 0 unspecified atom stereocenters. The molecule has 0 aliphatic heterocycles. The number of ether oxygens (including phenoxy) is 1. The van der Waals surface area contributed by atoms with Crippen LogP contribution in [0.2, 0.25) is 25.7 Å². The lowest BCUT2D eigenvalue weighted by Gasteiger charge is -2.21. The summed E-state index contributed by atoms with van der Waals surface area (Å²) in [6.07, 6.45) is 2.03. The van der Waals surface area contributed by atoms with Crippen LogP contribution in [0.5, 0.6) is 0 Å². The van der Waals surface area contributed by atoms with Crippen LogP contribution in [0.3, 0.4) is 0 Å². The Hall–Kier alpha value is -2.63. The van der Waals surface area contributed by atoms with Crippen molar-refractivity contribution in [3.63, 3.8) is 0 Å². The number of fused-ring (bicyclic) bond motifs is 1. The van der Waals surface area contributed by atoms with E-state index in [1.165, 1.54) is 3.97 Å². The number of nitrogens with zero attached hydrogens (tertiary/aromatic N) is 2. The van der Waals surface area contributed by atoms with Crippen LogP contribution in [0.15, 0.2) is 83.9 Å². The van der Waals surface area contributed by atoms with E-state index in [0.29, 0.717) is 25.1 Å². The summed E-state index contributed by atoms with van der Waals surface area (Å²) in [7, 11) is -3.20. The molecule has 0 N–H and O–H groups in total. The zero-order chi connectivity index (χ0) is 27.5. The molecule has 0 atom stereocenters. The summed E-state index contributed by atoms with van der Waals surface area (Å²) in [5.41, 5.74) is 3.88. The van der Waals surface area contributed by atoms with Crippen molar-refractivity contribution >= 4 is 57.7 Å². The van der Waals surface area contributed by atoms with Gasteiger partial charge in [-0.05, 0) is 76.0 Å². The van der Waals surface area contributed by atoms with Gasteiger partial charge >= 0.3 is 6.09 Å². The Balaban J connectivity index is 1.54. The lowest BCUT2D eigenvalue weighted by atomic mass is 9.99. The van der Waals surface area contributed by atoms with E-state index in [9.17, 15) is 13.2 Å². The summed E-state index contributed by atoms with van der Waals surface area (Å²) in [5, 5.41) is 0.892. The van der Waals surface area contributed by atoms with Crippen molar-refractivity contribution in [2.24, 2.45) is 0 Å². The summed E-state index contributed by atoms with van der Waals surface area (Å²) < 4.78 is 34.3. The Kier molecular flexibility index (Phi) is 8.68. The van der Waals surface area contributed by atoms with Crippen LogP contribution in [0.25, 0.3) is 10.9 Å². The first kappa shape index (κ1) is 28.4. The standard InChI is InChI=1S/C29H33IN2O4SSi/c1-31(29(33)36-16-17-38(2,3)4)20-24-11-9-8-10-23(24)18-22-14-15-28-26(19-22)27(30)21-32(28)37(34,35)25-12-6-5-7-13-25/h5-15,19,21H,16-18,20H2,1-4H3. The molecule has 0 spiro atoms. The zero-order valence-electron chi connectivity index (χ0n) is 22.1. The largest absolute Gasteiger partial charge is 0.450 e. The van der Waals surface area contributed by atoms with Gasteiger partial charge in [0.1, 0.15) is 0 Å². The van der Waals surface area contributed by atoms with Crippen LogP contribution in [0.4, 0.5) is 4.79 Å². The first-order chi connectivity index (χ1) is 18.0. The molecule has 6 nitrogen and oxygen atoms in total. The second-order valence-electron chi connectivity index (χ2n) is 10.7. The third-order valence-corrected chi connectivity index (χ3v) is 10.6. The van der Waals surface area contributed by atoms with Crippen molar-refractivity contribution in [2.75, 3.05) is 13.7 Å². The summed E-state index contributed by atoms with van der Waals surface area (Å²) >= 11 is 2.19. The second-order valence-corrected chi connectivity index (χ2v) is 19.3. The van der Waals surface area contributed by atoms with Gasteiger partial charge in [0.25, 0.3) is 10.0 Å². The van der Waals surface area contributed by atoms with Crippen molar-refractivity contribution in [3.8, 4) is 0 Å². The molecular weight excluding hydrogens is 627 g/mol. The molecule has 4 rings (SSSR count). The second kappa shape index (κ2) is 11.6. The highest BCUT2D eigenvalue weighted by Crippen LogP contribution is 2.29. The predicted molar refractivity (Wildman–Crippen MR) is 164 cm³/mol. The summed E-state index contributed by atoms with van der Waals surface area (Å²) in [5.74, 6) is 0. The van der Waals surface area contributed by atoms with Gasteiger partial charge in [0, 0.05) is 36.8 Å². The average molecular weight is 661 g/mol. The van der Waals surface area contributed by atoms with Gasteiger partial charge in [-0.15, -0.1) is 0 Å². The Morgan fingerprint density at radius 1 is 0.974 bits per heavy atom. The molecule has 0 saturated heterocycles. The van der Waals surface area contributed by atoms with Crippen LogP contribution in [-0.2, 0) is 27.7 Å². The van der Waals surface area contributed by atoms with Crippen LogP contribution >= 0.6 is 22.6 Å². The normalized spacial score (nSPS) is 12.0. The average Bonchev–Trinajstić information content (AvgIpc) is 3.21. The highest BCUT2D eigenvalue weighted by molar-refractivity contribution is 14.1. The van der Waals surface area contributed by atoms with E-state index in [-0.39, 0.29) is 11.0 Å². The molecule has 0 bridgehead atoms. The third kappa shape index (κ3) is 6.67. The van der Waals surface area contributed by atoms with E-state index in [2.05, 4.69) is 54.4 Å². The van der Waals surface area contributed by atoms with Crippen molar-refractivity contribution in [2.45, 2.75) is 43.5 Å². The maximum absolute atomic E-state index is 13.3. The minimum Gasteiger partial charge on any atom is -0.450 e. The van der Waals surface area contributed by atoms with Crippen molar-refractivity contribution in [1.29, 1.82) is 0 Å². The SMILES string of the molecule is CN(Cc1ccccc1Cc1ccc2c(c1)c(I)cn2S(=O)(=O)c1ccccc1)C(=O)OCC[Si](C)(C)C. The lowest BCUT2D eigenvalue weighted by Crippen LogP contribution is -2.29. The molecule has 0 radical (unpaired) electrons. The predicted octanol–water partition coefficient (Wildman–Crippen LogP) is 6.98. The minimum absolute atomic E-state index is 0.259. The highest BCUT2D eigenvalue weighted by atomic mass is 127. The third-order valence-electron chi connectivity index (χ3n) is 6.40. The summed E-state index contributed by atoms with van der Waals surface area (Å²) in [4.78, 5) is 14.4. The highest BCUT2D eigenvalue weighted by Gasteiger charge is 2.21. The first-order valence-electron chi connectivity index (χ1n) is 12.5. The maximum Gasteiger partial charge on any atom is 0.409 e. The zero-order valence-corrected chi connectivity index (χ0v) is 26.1. The Morgan fingerprint density at radius 2 is 1.63 bits per heavy atom. The molecule has 0 aliphatic carbocycles. The fraction of sp³-hybridized carbons (Fsp3) is 0.276. The van der Waals surface area contributed by atoms with Crippen molar-refractivity contribution in [1.82, 2.24) is 8.87 Å². The maximum atomic E-state index is 13.3. The molecule has 0 saturated carbocycles. The van der Waals surface area contributed by atoms with Crippen LogP contribution in [-0.4, -0.2) is 45.1 Å². The van der Waals surface area contributed by atoms with E-state index in [1.807, 2.05) is 30.3 Å². The number of aromatic nitrogens is 1. The molecule has 4 aromatic rings. The van der Waals surface area contributed by atoms with Gasteiger partial charge in [0.2, 0.25) is 0 Å². The smallest absolute Gasteiger partial charge is 0.409 e. The van der Waals surface area contributed by atoms with E-state index in [1.54, 1.807) is 48.5 Å². The quantitative estimate of drug-likeness (QED) is 0.144. The molecule has 9 heteroatoms. The molecular formula is C29H33IN2O4SSi. The Labute approximate surface area is 239 Å². The minimum atomic E-state index is -3.70.